The molecule has 150 valence electrons. The molecule has 3 aromatic rings. The highest BCUT2D eigenvalue weighted by Crippen LogP contribution is 2.31. The zero-order chi connectivity index (χ0) is 21.3. The number of amides is 1. The molecule has 0 spiro atoms. The van der Waals surface area contributed by atoms with Gasteiger partial charge in [0.05, 0.1) is 22.0 Å². The Balaban J connectivity index is 2.09. The summed E-state index contributed by atoms with van der Waals surface area (Å²) in [5.74, 6) is -2.08. The first-order valence-electron chi connectivity index (χ1n) is 8.50. The number of phenolic OH excluding ortho intramolecular Hbond substituents is 1. The maximum Gasteiger partial charge on any atom is 0.322 e. The van der Waals surface area contributed by atoms with E-state index >= 15 is 0 Å². The van der Waals surface area contributed by atoms with Gasteiger partial charge in [0, 0.05) is 16.6 Å². The second-order valence-electron chi connectivity index (χ2n) is 6.38. The molecule has 1 heterocycles. The number of fused-ring (bicyclic) bond motifs is 1. The zero-order valence-electron chi connectivity index (χ0n) is 15.2. The van der Waals surface area contributed by atoms with Crippen LogP contribution in [0.4, 0.5) is 0 Å². The Morgan fingerprint density at radius 2 is 1.79 bits per heavy atom. The molecule has 1 aromatic heterocycles. The van der Waals surface area contributed by atoms with Crippen LogP contribution in [0.25, 0.3) is 10.9 Å². The van der Waals surface area contributed by atoms with Crippen molar-refractivity contribution >= 4 is 51.9 Å². The minimum absolute atomic E-state index is 0.0242. The Morgan fingerprint density at radius 1 is 1.07 bits per heavy atom. The van der Waals surface area contributed by atoms with Crippen molar-refractivity contribution in [1.82, 2.24) is 9.88 Å². The Morgan fingerprint density at radius 3 is 2.45 bits per heavy atom. The van der Waals surface area contributed by atoms with Gasteiger partial charge in [-0.1, -0.05) is 23.2 Å². The molecular formula is C20H16Cl2N2O5. The Labute approximate surface area is 175 Å². The molecule has 0 atom stereocenters. The predicted molar refractivity (Wildman–Crippen MR) is 109 cm³/mol. The number of aliphatic carboxylic acids is 1. The zero-order valence-corrected chi connectivity index (χ0v) is 16.7. The molecule has 0 aliphatic heterocycles. The summed E-state index contributed by atoms with van der Waals surface area (Å²) < 4.78 is 1.42. The van der Waals surface area contributed by atoms with E-state index in [-0.39, 0.29) is 23.1 Å². The quantitative estimate of drug-likeness (QED) is 0.570. The van der Waals surface area contributed by atoms with E-state index in [0.717, 1.165) is 0 Å². The van der Waals surface area contributed by atoms with Crippen LogP contribution in [0.15, 0.2) is 36.4 Å². The third-order valence-corrected chi connectivity index (χ3v) is 5.20. The SMILES string of the molecule is Cc1c(CC(=O)NCC(=O)O)c2cc(O)ccc2n1C(=O)c1ccc(Cl)c(Cl)c1. The molecule has 0 fully saturated rings. The Kier molecular flexibility index (Phi) is 5.81. The lowest BCUT2D eigenvalue weighted by atomic mass is 10.1. The molecule has 0 saturated heterocycles. The molecule has 7 nitrogen and oxygen atoms in total. The first-order chi connectivity index (χ1) is 13.7. The van der Waals surface area contributed by atoms with Crippen LogP contribution in [0.1, 0.15) is 21.6 Å². The number of hydrogen-bond acceptors (Lipinski definition) is 4. The lowest BCUT2D eigenvalue weighted by Gasteiger charge is -2.09. The number of carbonyl (C=O) groups excluding carboxylic acids is 2. The minimum atomic E-state index is -1.16. The average Bonchev–Trinajstić information content (AvgIpc) is 2.93. The van der Waals surface area contributed by atoms with E-state index in [1.165, 1.54) is 28.8 Å². The van der Waals surface area contributed by atoms with E-state index in [2.05, 4.69) is 5.32 Å². The smallest absolute Gasteiger partial charge is 0.322 e. The molecule has 9 heteroatoms. The first kappa shape index (κ1) is 20.7. The van der Waals surface area contributed by atoms with Gasteiger partial charge in [-0.3, -0.25) is 19.0 Å². The maximum atomic E-state index is 13.2. The molecule has 0 radical (unpaired) electrons. The molecule has 29 heavy (non-hydrogen) atoms. The van der Waals surface area contributed by atoms with Gasteiger partial charge >= 0.3 is 5.97 Å². The molecule has 0 saturated carbocycles. The maximum absolute atomic E-state index is 13.2. The normalized spacial score (nSPS) is 10.9. The summed E-state index contributed by atoms with van der Waals surface area (Å²) in [5.41, 5.74) is 1.80. The lowest BCUT2D eigenvalue weighted by Crippen LogP contribution is -2.30. The number of aromatic hydroxyl groups is 1. The number of nitrogens with zero attached hydrogens (tertiary/aromatic N) is 1. The Bertz CT molecular complexity index is 1150. The second kappa shape index (κ2) is 8.14. The highest BCUT2D eigenvalue weighted by Gasteiger charge is 2.22. The van der Waals surface area contributed by atoms with Crippen LogP contribution in [0, 0.1) is 6.92 Å². The summed E-state index contributed by atoms with van der Waals surface area (Å²) in [6, 6.07) is 8.99. The van der Waals surface area contributed by atoms with Crippen LogP contribution in [0.3, 0.4) is 0 Å². The number of nitrogens with one attached hydrogen (secondary N) is 1. The Hall–Kier alpha value is -3.03. The topological polar surface area (TPSA) is 109 Å². The van der Waals surface area contributed by atoms with Crippen LogP contribution < -0.4 is 5.32 Å². The summed E-state index contributed by atoms with van der Waals surface area (Å²) in [7, 11) is 0. The van der Waals surface area contributed by atoms with Gasteiger partial charge in [-0.2, -0.15) is 0 Å². The van der Waals surface area contributed by atoms with Gasteiger partial charge in [-0.25, -0.2) is 0 Å². The van der Waals surface area contributed by atoms with Crippen molar-refractivity contribution < 1.29 is 24.6 Å². The van der Waals surface area contributed by atoms with E-state index in [1.807, 2.05) is 0 Å². The number of halogens is 2. The monoisotopic (exact) mass is 434 g/mol. The summed E-state index contributed by atoms with van der Waals surface area (Å²) in [6.07, 6.45) is -0.152. The van der Waals surface area contributed by atoms with Crippen LogP contribution in [-0.4, -0.2) is 39.1 Å². The standard InChI is InChI=1S/C20H16Cl2N2O5/c1-10-13(8-18(26)23-9-19(27)28)14-7-12(25)3-5-17(14)24(10)20(29)11-2-4-15(21)16(22)6-11/h2-7,25H,8-9H2,1H3,(H,23,26)(H,27,28). The van der Waals surface area contributed by atoms with Gasteiger partial charge in [0.25, 0.3) is 5.91 Å². The number of aromatic nitrogens is 1. The van der Waals surface area contributed by atoms with Crippen LogP contribution in [-0.2, 0) is 16.0 Å². The predicted octanol–water partition coefficient (Wildman–Crippen LogP) is 3.39. The molecule has 0 aliphatic rings. The molecule has 3 N–H and O–H groups in total. The third-order valence-electron chi connectivity index (χ3n) is 4.46. The molecular weight excluding hydrogens is 419 g/mol. The number of rotatable bonds is 5. The molecule has 2 aromatic carbocycles. The summed E-state index contributed by atoms with van der Waals surface area (Å²) in [6.45, 7) is 1.16. The number of carboxylic acids is 1. The fraction of sp³-hybridized carbons (Fsp3) is 0.150. The van der Waals surface area contributed by atoms with E-state index < -0.39 is 18.4 Å². The van der Waals surface area contributed by atoms with E-state index in [4.69, 9.17) is 28.3 Å². The largest absolute Gasteiger partial charge is 0.508 e. The highest BCUT2D eigenvalue weighted by molar-refractivity contribution is 6.42. The third kappa shape index (κ3) is 4.21. The van der Waals surface area contributed by atoms with E-state index in [1.54, 1.807) is 19.1 Å². The summed E-state index contributed by atoms with van der Waals surface area (Å²) in [5, 5.41) is 22.0. The van der Waals surface area contributed by atoms with Crippen molar-refractivity contribution in [3.05, 3.63) is 63.3 Å². The number of carboxylic acid groups (broad SMARTS) is 1. The number of benzene rings is 2. The van der Waals surface area contributed by atoms with Crippen LogP contribution in [0.5, 0.6) is 5.75 Å². The molecule has 1 amide bonds. The number of carbonyl (C=O) groups is 3. The van der Waals surface area contributed by atoms with Crippen LogP contribution >= 0.6 is 23.2 Å². The van der Waals surface area contributed by atoms with Gasteiger partial charge in [-0.05, 0) is 48.9 Å². The summed E-state index contributed by atoms with van der Waals surface area (Å²) in [4.78, 5) is 36.0. The second-order valence-corrected chi connectivity index (χ2v) is 7.20. The van der Waals surface area contributed by atoms with E-state index in [0.29, 0.717) is 32.7 Å². The van der Waals surface area contributed by atoms with Crippen molar-refractivity contribution in [3.8, 4) is 5.75 Å². The van der Waals surface area contributed by atoms with Crippen molar-refractivity contribution in [1.29, 1.82) is 0 Å². The summed E-state index contributed by atoms with van der Waals surface area (Å²) >= 11 is 12.0. The van der Waals surface area contributed by atoms with Crippen LogP contribution in [0.2, 0.25) is 10.0 Å². The number of hydrogen-bond donors (Lipinski definition) is 3. The van der Waals surface area contributed by atoms with Crippen molar-refractivity contribution in [2.45, 2.75) is 13.3 Å². The fourth-order valence-corrected chi connectivity index (χ4v) is 3.41. The minimum Gasteiger partial charge on any atom is -0.508 e. The van der Waals surface area contributed by atoms with Gasteiger partial charge < -0.3 is 15.5 Å². The van der Waals surface area contributed by atoms with Gasteiger partial charge in [-0.15, -0.1) is 0 Å². The van der Waals surface area contributed by atoms with Gasteiger partial charge in [0.1, 0.15) is 12.3 Å². The molecule has 0 aliphatic carbocycles. The lowest BCUT2D eigenvalue weighted by molar-refractivity contribution is -0.137. The molecule has 3 rings (SSSR count). The first-order valence-corrected chi connectivity index (χ1v) is 9.25. The van der Waals surface area contributed by atoms with Gasteiger partial charge in [0.2, 0.25) is 5.91 Å². The fourth-order valence-electron chi connectivity index (χ4n) is 3.11. The molecule has 0 unspecified atom stereocenters. The number of phenols is 1. The highest BCUT2D eigenvalue weighted by atomic mass is 35.5. The van der Waals surface area contributed by atoms with Crippen molar-refractivity contribution in [2.24, 2.45) is 0 Å². The van der Waals surface area contributed by atoms with Crippen molar-refractivity contribution in [3.63, 3.8) is 0 Å². The average molecular weight is 435 g/mol. The van der Waals surface area contributed by atoms with E-state index in [9.17, 15) is 19.5 Å². The van der Waals surface area contributed by atoms with Crippen molar-refractivity contribution in [2.75, 3.05) is 6.54 Å². The van der Waals surface area contributed by atoms with Gasteiger partial charge in [0.15, 0.2) is 0 Å². The molecule has 0 bridgehead atoms.